The van der Waals surface area contributed by atoms with Crippen molar-refractivity contribution in [2.24, 2.45) is 0 Å². The van der Waals surface area contributed by atoms with Gasteiger partial charge in [0.05, 0.1) is 21.3 Å². The third kappa shape index (κ3) is 3.63. The first-order valence-electron chi connectivity index (χ1n) is 7.16. The van der Waals surface area contributed by atoms with E-state index in [-0.39, 0.29) is 28.4 Å². The van der Waals surface area contributed by atoms with E-state index >= 15 is 0 Å². The van der Waals surface area contributed by atoms with Crippen LogP contribution < -0.4 is 5.56 Å². The first-order valence-corrected chi connectivity index (χ1v) is 8.30. The average molecular weight is 398 g/mol. The standard InChI is InChI=1S/C17H11Cl3N2O3/c1-9(23)25-8-14-15(10-2-4-11(18)5-3-10)17(24)22-7-12(19)6-13(20)16(22)21-14/h2-7H,8H2,1H3. The number of carbonyl (C=O) groups is 1. The lowest BCUT2D eigenvalue weighted by Gasteiger charge is -2.12. The van der Waals surface area contributed by atoms with Gasteiger partial charge in [-0.25, -0.2) is 4.98 Å². The number of fused-ring (bicyclic) bond motifs is 1. The Hall–Kier alpha value is -2.08. The maximum absolute atomic E-state index is 13.0. The van der Waals surface area contributed by atoms with Crippen LogP contribution in [0.3, 0.4) is 0 Å². The fraction of sp³-hybridized carbons (Fsp3) is 0.118. The second-order valence-electron chi connectivity index (χ2n) is 5.23. The highest BCUT2D eigenvalue weighted by atomic mass is 35.5. The fourth-order valence-electron chi connectivity index (χ4n) is 2.39. The Morgan fingerprint density at radius 3 is 2.48 bits per heavy atom. The quantitative estimate of drug-likeness (QED) is 0.615. The van der Waals surface area contributed by atoms with E-state index in [2.05, 4.69) is 4.98 Å². The van der Waals surface area contributed by atoms with Crippen LogP contribution in [0.1, 0.15) is 12.6 Å². The molecule has 2 aromatic heterocycles. The monoisotopic (exact) mass is 396 g/mol. The molecular weight excluding hydrogens is 387 g/mol. The van der Waals surface area contributed by atoms with Gasteiger partial charge < -0.3 is 4.74 Å². The molecule has 0 saturated carbocycles. The van der Waals surface area contributed by atoms with Crippen LogP contribution in [0.15, 0.2) is 41.3 Å². The lowest BCUT2D eigenvalue weighted by atomic mass is 10.1. The molecule has 0 aliphatic rings. The van der Waals surface area contributed by atoms with E-state index in [1.807, 2.05) is 0 Å². The van der Waals surface area contributed by atoms with Gasteiger partial charge in [0.2, 0.25) is 0 Å². The van der Waals surface area contributed by atoms with Gasteiger partial charge in [-0.05, 0) is 23.8 Å². The van der Waals surface area contributed by atoms with Crippen molar-refractivity contribution in [2.45, 2.75) is 13.5 Å². The number of hydrogen-bond donors (Lipinski definition) is 0. The number of carbonyl (C=O) groups excluding carboxylic acids is 1. The molecule has 0 aliphatic heterocycles. The van der Waals surface area contributed by atoms with E-state index in [0.29, 0.717) is 21.3 Å². The van der Waals surface area contributed by atoms with Crippen molar-refractivity contribution in [3.8, 4) is 11.1 Å². The van der Waals surface area contributed by atoms with Gasteiger partial charge in [0.25, 0.3) is 5.56 Å². The molecule has 3 rings (SSSR count). The summed E-state index contributed by atoms with van der Waals surface area (Å²) in [4.78, 5) is 28.6. The third-order valence-corrected chi connectivity index (χ3v) is 4.20. The molecule has 0 saturated heterocycles. The molecule has 5 nitrogen and oxygen atoms in total. The Balaban J connectivity index is 2.32. The number of esters is 1. The number of halogens is 3. The predicted octanol–water partition coefficient (Wildman–Crippen LogP) is 4.38. The van der Waals surface area contributed by atoms with Crippen molar-refractivity contribution in [3.05, 3.63) is 67.6 Å². The number of hydrogen-bond acceptors (Lipinski definition) is 4. The number of aromatic nitrogens is 2. The van der Waals surface area contributed by atoms with Gasteiger partial charge in [-0.3, -0.25) is 14.0 Å². The largest absolute Gasteiger partial charge is 0.459 e. The van der Waals surface area contributed by atoms with Crippen LogP contribution in [0.2, 0.25) is 15.1 Å². The normalized spacial score (nSPS) is 10.9. The lowest BCUT2D eigenvalue weighted by molar-refractivity contribution is -0.142. The van der Waals surface area contributed by atoms with Gasteiger partial charge in [-0.2, -0.15) is 0 Å². The van der Waals surface area contributed by atoms with Crippen molar-refractivity contribution in [3.63, 3.8) is 0 Å². The Labute approximate surface area is 157 Å². The summed E-state index contributed by atoms with van der Waals surface area (Å²) in [6, 6.07) is 8.19. The molecule has 1 aromatic carbocycles. The summed E-state index contributed by atoms with van der Waals surface area (Å²) in [5, 5.41) is 1.05. The van der Waals surface area contributed by atoms with Gasteiger partial charge >= 0.3 is 5.97 Å². The van der Waals surface area contributed by atoms with Crippen LogP contribution in [0.5, 0.6) is 0 Å². The molecule has 25 heavy (non-hydrogen) atoms. The number of pyridine rings is 1. The van der Waals surface area contributed by atoms with Crippen molar-refractivity contribution in [1.29, 1.82) is 0 Å². The highest BCUT2D eigenvalue weighted by Gasteiger charge is 2.17. The molecule has 0 amide bonds. The van der Waals surface area contributed by atoms with Crippen molar-refractivity contribution < 1.29 is 9.53 Å². The van der Waals surface area contributed by atoms with Crippen molar-refractivity contribution >= 4 is 46.4 Å². The molecule has 128 valence electrons. The average Bonchev–Trinajstić information content (AvgIpc) is 2.55. The minimum absolute atomic E-state index is 0.155. The number of ether oxygens (including phenoxy) is 1. The smallest absolute Gasteiger partial charge is 0.303 e. The number of benzene rings is 1. The first-order chi connectivity index (χ1) is 11.9. The van der Waals surface area contributed by atoms with Gasteiger partial charge in [-0.15, -0.1) is 0 Å². The van der Waals surface area contributed by atoms with Gasteiger partial charge in [0, 0.05) is 18.1 Å². The van der Waals surface area contributed by atoms with Crippen LogP contribution in [-0.2, 0) is 16.1 Å². The summed E-state index contributed by atoms with van der Waals surface area (Å²) < 4.78 is 6.31. The van der Waals surface area contributed by atoms with E-state index in [1.54, 1.807) is 24.3 Å². The zero-order valence-electron chi connectivity index (χ0n) is 12.9. The maximum Gasteiger partial charge on any atom is 0.303 e. The molecule has 0 aliphatic carbocycles. The summed E-state index contributed by atoms with van der Waals surface area (Å²) in [7, 11) is 0. The Morgan fingerprint density at radius 2 is 1.84 bits per heavy atom. The zero-order chi connectivity index (χ0) is 18.1. The molecule has 0 fully saturated rings. The summed E-state index contributed by atoms with van der Waals surface area (Å²) in [6.45, 7) is 1.13. The summed E-state index contributed by atoms with van der Waals surface area (Å²) >= 11 is 18.1. The van der Waals surface area contributed by atoms with E-state index in [4.69, 9.17) is 39.5 Å². The topological polar surface area (TPSA) is 60.7 Å². The molecule has 0 spiro atoms. The molecule has 0 unspecified atom stereocenters. The highest BCUT2D eigenvalue weighted by Crippen LogP contribution is 2.25. The molecule has 0 N–H and O–H groups in total. The molecule has 0 atom stereocenters. The van der Waals surface area contributed by atoms with E-state index in [1.165, 1.54) is 23.6 Å². The molecule has 0 radical (unpaired) electrons. The van der Waals surface area contributed by atoms with E-state index in [9.17, 15) is 9.59 Å². The highest BCUT2D eigenvalue weighted by molar-refractivity contribution is 6.36. The summed E-state index contributed by atoms with van der Waals surface area (Å²) in [5.74, 6) is -0.480. The third-order valence-electron chi connectivity index (χ3n) is 3.47. The molecular formula is C17H11Cl3N2O3. The van der Waals surface area contributed by atoms with Crippen LogP contribution >= 0.6 is 34.8 Å². The zero-order valence-corrected chi connectivity index (χ0v) is 15.2. The summed E-state index contributed by atoms with van der Waals surface area (Å²) in [6.07, 6.45) is 1.44. The van der Waals surface area contributed by atoms with Gasteiger partial charge in [-0.1, -0.05) is 46.9 Å². The van der Waals surface area contributed by atoms with Gasteiger partial charge in [0.15, 0.2) is 5.65 Å². The molecule has 8 heteroatoms. The molecule has 0 bridgehead atoms. The van der Waals surface area contributed by atoms with Crippen LogP contribution in [0.25, 0.3) is 16.8 Å². The lowest BCUT2D eigenvalue weighted by Crippen LogP contribution is -2.21. The summed E-state index contributed by atoms with van der Waals surface area (Å²) in [5.41, 5.74) is 1.03. The van der Waals surface area contributed by atoms with Crippen molar-refractivity contribution in [2.75, 3.05) is 0 Å². The SMILES string of the molecule is CC(=O)OCc1nc2c(Cl)cc(Cl)cn2c(=O)c1-c1ccc(Cl)cc1. The second-order valence-corrected chi connectivity index (χ2v) is 6.51. The molecule has 2 heterocycles. The van der Waals surface area contributed by atoms with Crippen LogP contribution in [0.4, 0.5) is 0 Å². The Kier molecular flexibility index (Phi) is 4.99. The van der Waals surface area contributed by atoms with Crippen LogP contribution in [0, 0.1) is 0 Å². The number of rotatable bonds is 3. The predicted molar refractivity (Wildman–Crippen MR) is 97.4 cm³/mol. The van der Waals surface area contributed by atoms with Crippen molar-refractivity contribution in [1.82, 2.24) is 9.38 Å². The Bertz CT molecular complexity index is 1030. The van der Waals surface area contributed by atoms with Gasteiger partial charge in [0.1, 0.15) is 6.61 Å². The maximum atomic E-state index is 13.0. The second kappa shape index (κ2) is 7.04. The Morgan fingerprint density at radius 1 is 1.16 bits per heavy atom. The minimum atomic E-state index is -0.480. The number of nitrogens with zero attached hydrogens (tertiary/aromatic N) is 2. The van der Waals surface area contributed by atoms with E-state index < -0.39 is 5.97 Å². The van der Waals surface area contributed by atoms with Crippen LogP contribution in [-0.4, -0.2) is 15.4 Å². The molecule has 3 aromatic rings. The minimum Gasteiger partial charge on any atom is -0.459 e. The first kappa shape index (κ1) is 17.7. The van der Waals surface area contributed by atoms with E-state index in [0.717, 1.165) is 0 Å². The fourth-order valence-corrected chi connectivity index (χ4v) is 3.03.